The second-order valence-electron chi connectivity index (χ2n) is 14.3. The standard InChI is InChI=1S/C44H80O4/c1-3-4-5-6-7-8-9-10-11-12-13-17-20-23-26-29-32-35-38-41-44(47)48-42(2)39-36-33-30-27-24-21-18-15-14-16-19-22-25-28-31-34-37-40-43(45)46/h4-5,7-8,10-11,42H,3,6,9,12-41H2,1-2H3,(H,45,46)/b5-4-,8-7-,11-10-. The van der Waals surface area contributed by atoms with E-state index in [0.717, 1.165) is 51.4 Å². The predicted molar refractivity (Wildman–Crippen MR) is 209 cm³/mol. The predicted octanol–water partition coefficient (Wildman–Crippen LogP) is 14.6. The van der Waals surface area contributed by atoms with Gasteiger partial charge in [0.25, 0.3) is 0 Å². The maximum Gasteiger partial charge on any atom is 0.306 e. The third-order valence-corrected chi connectivity index (χ3v) is 9.37. The summed E-state index contributed by atoms with van der Waals surface area (Å²) in [5.74, 6) is -0.661. The molecule has 4 nitrogen and oxygen atoms in total. The van der Waals surface area contributed by atoms with Gasteiger partial charge in [-0.15, -0.1) is 0 Å². The van der Waals surface area contributed by atoms with Gasteiger partial charge in [0.05, 0.1) is 6.10 Å². The maximum atomic E-state index is 12.2. The fourth-order valence-electron chi connectivity index (χ4n) is 6.30. The van der Waals surface area contributed by atoms with Crippen LogP contribution in [-0.4, -0.2) is 23.1 Å². The zero-order valence-electron chi connectivity index (χ0n) is 32.0. The number of allylic oxidation sites excluding steroid dienone is 6. The molecule has 0 aliphatic rings. The van der Waals surface area contributed by atoms with Gasteiger partial charge in [-0.3, -0.25) is 9.59 Å². The molecule has 0 rings (SSSR count). The van der Waals surface area contributed by atoms with Gasteiger partial charge in [0.15, 0.2) is 0 Å². The Hall–Kier alpha value is -1.84. The number of hydrogen-bond acceptors (Lipinski definition) is 3. The Morgan fingerprint density at radius 1 is 0.479 bits per heavy atom. The number of esters is 1. The summed E-state index contributed by atoms with van der Waals surface area (Å²) in [5, 5.41) is 8.65. The number of unbranched alkanes of at least 4 members (excludes halogenated alkanes) is 25. The van der Waals surface area contributed by atoms with E-state index in [2.05, 4.69) is 50.3 Å². The van der Waals surface area contributed by atoms with Gasteiger partial charge in [0.2, 0.25) is 0 Å². The van der Waals surface area contributed by atoms with E-state index in [4.69, 9.17) is 9.84 Å². The molecule has 1 atom stereocenters. The topological polar surface area (TPSA) is 63.6 Å². The molecule has 0 fully saturated rings. The Labute approximate surface area is 299 Å². The van der Waals surface area contributed by atoms with Crippen molar-refractivity contribution in [2.45, 2.75) is 232 Å². The third kappa shape index (κ3) is 40.3. The molecule has 0 saturated heterocycles. The van der Waals surface area contributed by atoms with Crippen LogP contribution in [0, 0.1) is 0 Å². The minimum atomic E-state index is -0.663. The minimum absolute atomic E-state index is 0.00154. The lowest BCUT2D eigenvalue weighted by Gasteiger charge is -2.13. The first kappa shape index (κ1) is 46.2. The van der Waals surface area contributed by atoms with Crippen molar-refractivity contribution in [2.24, 2.45) is 0 Å². The number of aliphatic carboxylic acids is 1. The van der Waals surface area contributed by atoms with E-state index < -0.39 is 5.97 Å². The molecule has 0 saturated carbocycles. The number of hydrogen-bond donors (Lipinski definition) is 1. The highest BCUT2D eigenvalue weighted by Gasteiger charge is 2.09. The first-order valence-electron chi connectivity index (χ1n) is 20.9. The molecule has 4 heteroatoms. The Kier molecular flexibility index (Phi) is 38.1. The number of rotatable bonds is 38. The lowest BCUT2D eigenvalue weighted by Crippen LogP contribution is -2.14. The van der Waals surface area contributed by atoms with Gasteiger partial charge in [-0.1, -0.05) is 185 Å². The van der Waals surface area contributed by atoms with Crippen LogP contribution >= 0.6 is 0 Å². The Balaban J connectivity index is 3.32. The lowest BCUT2D eigenvalue weighted by atomic mass is 10.0. The van der Waals surface area contributed by atoms with Crippen LogP contribution in [0.1, 0.15) is 226 Å². The molecule has 0 aliphatic carbocycles. The number of carbonyl (C=O) groups is 2. The first-order valence-corrected chi connectivity index (χ1v) is 20.9. The van der Waals surface area contributed by atoms with Crippen LogP contribution in [0.25, 0.3) is 0 Å². The lowest BCUT2D eigenvalue weighted by molar-refractivity contribution is -0.148. The highest BCUT2D eigenvalue weighted by atomic mass is 16.5. The van der Waals surface area contributed by atoms with Crippen LogP contribution in [0.5, 0.6) is 0 Å². The van der Waals surface area contributed by atoms with Gasteiger partial charge in [-0.05, 0) is 64.7 Å². The van der Waals surface area contributed by atoms with Crippen LogP contribution in [0.2, 0.25) is 0 Å². The molecule has 0 heterocycles. The monoisotopic (exact) mass is 673 g/mol. The molecule has 0 radical (unpaired) electrons. The molecule has 0 aromatic rings. The van der Waals surface area contributed by atoms with E-state index in [9.17, 15) is 9.59 Å². The van der Waals surface area contributed by atoms with Crippen molar-refractivity contribution in [1.29, 1.82) is 0 Å². The van der Waals surface area contributed by atoms with E-state index in [1.807, 2.05) is 0 Å². The van der Waals surface area contributed by atoms with E-state index >= 15 is 0 Å². The van der Waals surface area contributed by atoms with E-state index in [-0.39, 0.29) is 12.1 Å². The van der Waals surface area contributed by atoms with Gasteiger partial charge < -0.3 is 9.84 Å². The fourth-order valence-corrected chi connectivity index (χ4v) is 6.30. The highest BCUT2D eigenvalue weighted by Crippen LogP contribution is 2.16. The molecule has 280 valence electrons. The average Bonchev–Trinajstić information content (AvgIpc) is 3.06. The Morgan fingerprint density at radius 2 is 0.833 bits per heavy atom. The van der Waals surface area contributed by atoms with Gasteiger partial charge in [0.1, 0.15) is 0 Å². The van der Waals surface area contributed by atoms with Gasteiger partial charge in [-0.2, -0.15) is 0 Å². The van der Waals surface area contributed by atoms with Gasteiger partial charge in [0, 0.05) is 12.8 Å². The maximum absolute atomic E-state index is 12.2. The Morgan fingerprint density at radius 3 is 1.27 bits per heavy atom. The number of carboxylic acid groups (broad SMARTS) is 1. The van der Waals surface area contributed by atoms with Crippen molar-refractivity contribution in [3.05, 3.63) is 36.5 Å². The molecule has 0 aromatic carbocycles. The molecule has 0 aromatic heterocycles. The SMILES string of the molecule is CC/C=C\C/C=C\C/C=C\CCCCCCCCCCCC(=O)OC(C)CCCCCCCCCCCCCCCCCCCC(=O)O. The summed E-state index contributed by atoms with van der Waals surface area (Å²) in [7, 11) is 0. The number of ether oxygens (including phenoxy) is 1. The Bertz CT molecular complexity index is 768. The normalized spacial score (nSPS) is 12.5. The number of carbonyl (C=O) groups excluding carboxylic acids is 1. The summed E-state index contributed by atoms with van der Waals surface area (Å²) in [6.45, 7) is 4.23. The van der Waals surface area contributed by atoms with Crippen molar-refractivity contribution in [3.8, 4) is 0 Å². The largest absolute Gasteiger partial charge is 0.481 e. The second-order valence-corrected chi connectivity index (χ2v) is 14.3. The highest BCUT2D eigenvalue weighted by molar-refractivity contribution is 5.69. The molecule has 0 amide bonds. The van der Waals surface area contributed by atoms with Gasteiger partial charge in [-0.25, -0.2) is 0 Å². The quantitative estimate of drug-likeness (QED) is 0.0403. The summed E-state index contributed by atoms with van der Waals surface area (Å²) in [4.78, 5) is 22.7. The summed E-state index contributed by atoms with van der Waals surface area (Å²) in [6.07, 6.45) is 53.1. The van der Waals surface area contributed by atoms with E-state index in [1.54, 1.807) is 0 Å². The van der Waals surface area contributed by atoms with Crippen LogP contribution in [-0.2, 0) is 14.3 Å². The van der Waals surface area contributed by atoms with Crippen molar-refractivity contribution < 1.29 is 19.4 Å². The zero-order chi connectivity index (χ0) is 35.0. The molecular weight excluding hydrogens is 592 g/mol. The molecule has 0 bridgehead atoms. The molecule has 0 aliphatic heterocycles. The van der Waals surface area contributed by atoms with Crippen LogP contribution in [0.4, 0.5) is 0 Å². The first-order chi connectivity index (χ1) is 23.6. The van der Waals surface area contributed by atoms with Crippen molar-refractivity contribution in [2.75, 3.05) is 0 Å². The summed E-state index contributed by atoms with van der Waals surface area (Å²) >= 11 is 0. The molecule has 1 unspecified atom stereocenters. The smallest absolute Gasteiger partial charge is 0.306 e. The molecule has 48 heavy (non-hydrogen) atoms. The summed E-state index contributed by atoms with van der Waals surface area (Å²) < 4.78 is 5.66. The van der Waals surface area contributed by atoms with Crippen LogP contribution in [0.15, 0.2) is 36.5 Å². The number of carboxylic acids is 1. The van der Waals surface area contributed by atoms with E-state index in [1.165, 1.54) is 148 Å². The van der Waals surface area contributed by atoms with Crippen LogP contribution < -0.4 is 0 Å². The second kappa shape index (κ2) is 39.6. The summed E-state index contributed by atoms with van der Waals surface area (Å²) in [6, 6.07) is 0. The third-order valence-electron chi connectivity index (χ3n) is 9.37. The minimum Gasteiger partial charge on any atom is -0.481 e. The average molecular weight is 673 g/mol. The molecular formula is C44H80O4. The van der Waals surface area contributed by atoms with Crippen molar-refractivity contribution in [1.82, 2.24) is 0 Å². The van der Waals surface area contributed by atoms with Crippen molar-refractivity contribution >= 4 is 11.9 Å². The van der Waals surface area contributed by atoms with Crippen molar-refractivity contribution in [3.63, 3.8) is 0 Å². The van der Waals surface area contributed by atoms with Crippen LogP contribution in [0.3, 0.4) is 0 Å². The van der Waals surface area contributed by atoms with Gasteiger partial charge >= 0.3 is 11.9 Å². The molecule has 1 N–H and O–H groups in total. The molecule has 0 spiro atoms. The van der Waals surface area contributed by atoms with E-state index in [0.29, 0.717) is 12.8 Å². The summed E-state index contributed by atoms with van der Waals surface area (Å²) in [5.41, 5.74) is 0. The zero-order valence-corrected chi connectivity index (χ0v) is 32.0. The fraction of sp³-hybridized carbons (Fsp3) is 0.818.